The molecule has 0 spiro atoms. The van der Waals surface area contributed by atoms with E-state index in [2.05, 4.69) is 9.88 Å². The summed E-state index contributed by atoms with van der Waals surface area (Å²) < 4.78 is 0. The molecule has 0 radical (unpaired) electrons. The predicted molar refractivity (Wildman–Crippen MR) is 77.8 cm³/mol. The Bertz CT molecular complexity index is 633. The van der Waals surface area contributed by atoms with Crippen molar-refractivity contribution in [3.63, 3.8) is 0 Å². The Morgan fingerprint density at radius 2 is 1.95 bits per heavy atom. The number of carboxylic acids is 1. The molecule has 0 atom stereocenters. The van der Waals surface area contributed by atoms with Crippen molar-refractivity contribution in [1.82, 2.24) is 9.88 Å². The third kappa shape index (κ3) is 2.65. The van der Waals surface area contributed by atoms with Crippen molar-refractivity contribution >= 4 is 16.9 Å². The Labute approximate surface area is 118 Å². The molecular weight excluding hydrogens is 252 g/mol. The summed E-state index contributed by atoms with van der Waals surface area (Å²) in [5, 5.41) is 10.1. The molecule has 2 heterocycles. The number of carbonyl (C=O) groups is 1. The summed E-state index contributed by atoms with van der Waals surface area (Å²) in [7, 11) is 0. The lowest BCUT2D eigenvalue weighted by molar-refractivity contribution is 0.0698. The van der Waals surface area contributed by atoms with Gasteiger partial charge >= 0.3 is 5.97 Å². The van der Waals surface area contributed by atoms with Crippen LogP contribution in [0.4, 0.5) is 0 Å². The van der Waals surface area contributed by atoms with Crippen molar-refractivity contribution in [3.05, 3.63) is 41.6 Å². The lowest BCUT2D eigenvalue weighted by atomic mass is 10.1. The number of likely N-dealkylation sites (tertiary alicyclic amines) is 1. The average molecular weight is 270 g/mol. The summed E-state index contributed by atoms with van der Waals surface area (Å²) in [5.74, 6) is -0.886. The Hall–Kier alpha value is -1.94. The number of fused-ring (bicyclic) bond motifs is 1. The maximum absolute atomic E-state index is 11.4. The number of pyridine rings is 1. The second-order valence-corrected chi connectivity index (χ2v) is 5.32. The normalized spacial score (nSPS) is 16.4. The van der Waals surface area contributed by atoms with Crippen molar-refractivity contribution in [2.45, 2.75) is 25.8 Å². The molecule has 104 valence electrons. The first kappa shape index (κ1) is 13.1. The fourth-order valence-electron chi connectivity index (χ4n) is 2.83. The van der Waals surface area contributed by atoms with Gasteiger partial charge in [0.05, 0.1) is 16.8 Å². The summed E-state index contributed by atoms with van der Waals surface area (Å²) in [4.78, 5) is 18.4. The Morgan fingerprint density at radius 1 is 1.20 bits per heavy atom. The van der Waals surface area contributed by atoms with E-state index in [1.54, 1.807) is 6.07 Å². The number of hydrogen-bond donors (Lipinski definition) is 1. The molecule has 4 heteroatoms. The molecule has 0 unspecified atom stereocenters. The minimum atomic E-state index is -0.886. The van der Waals surface area contributed by atoms with E-state index in [-0.39, 0.29) is 0 Å². The standard InChI is InChI=1S/C16H18N2O2/c19-16(20)14-10-12(11-18-8-4-1-5-9-18)17-15-7-3-2-6-13(14)15/h2-3,6-7,10H,1,4-5,8-9,11H2,(H,19,20). The molecule has 2 aromatic rings. The van der Waals surface area contributed by atoms with Gasteiger partial charge in [-0.3, -0.25) is 9.88 Å². The molecule has 20 heavy (non-hydrogen) atoms. The first-order valence-corrected chi connectivity index (χ1v) is 7.08. The zero-order valence-electron chi connectivity index (χ0n) is 11.4. The molecule has 1 aliphatic rings. The molecule has 1 fully saturated rings. The van der Waals surface area contributed by atoms with Crippen LogP contribution in [0.25, 0.3) is 10.9 Å². The second kappa shape index (κ2) is 5.59. The fraction of sp³-hybridized carbons (Fsp3) is 0.375. The van der Waals surface area contributed by atoms with Crippen molar-refractivity contribution in [2.75, 3.05) is 13.1 Å². The van der Waals surface area contributed by atoms with Gasteiger partial charge in [-0.05, 0) is 38.1 Å². The maximum atomic E-state index is 11.4. The molecule has 1 aromatic carbocycles. The van der Waals surface area contributed by atoms with Crippen LogP contribution in [0.15, 0.2) is 30.3 Å². The number of hydrogen-bond acceptors (Lipinski definition) is 3. The fourth-order valence-corrected chi connectivity index (χ4v) is 2.83. The average Bonchev–Trinajstić information content (AvgIpc) is 2.47. The quantitative estimate of drug-likeness (QED) is 0.931. The van der Waals surface area contributed by atoms with E-state index in [1.165, 1.54) is 19.3 Å². The highest BCUT2D eigenvalue weighted by Crippen LogP contribution is 2.20. The van der Waals surface area contributed by atoms with Gasteiger partial charge in [-0.2, -0.15) is 0 Å². The van der Waals surface area contributed by atoms with Crippen molar-refractivity contribution in [3.8, 4) is 0 Å². The number of aromatic nitrogens is 1. The largest absolute Gasteiger partial charge is 0.478 e. The van der Waals surface area contributed by atoms with E-state index in [0.717, 1.165) is 30.8 Å². The van der Waals surface area contributed by atoms with E-state index >= 15 is 0 Å². The highest BCUT2D eigenvalue weighted by atomic mass is 16.4. The van der Waals surface area contributed by atoms with Gasteiger partial charge in [0, 0.05) is 11.9 Å². The topological polar surface area (TPSA) is 53.4 Å². The third-order valence-corrected chi connectivity index (χ3v) is 3.83. The number of aromatic carboxylic acids is 1. The van der Waals surface area contributed by atoms with Crippen LogP contribution in [0, 0.1) is 0 Å². The Kier molecular flexibility index (Phi) is 3.65. The lowest BCUT2D eigenvalue weighted by Crippen LogP contribution is -2.29. The van der Waals surface area contributed by atoms with Crippen molar-refractivity contribution < 1.29 is 9.90 Å². The molecular formula is C16H18N2O2. The number of para-hydroxylation sites is 1. The SMILES string of the molecule is O=C(O)c1cc(CN2CCCCC2)nc2ccccc12. The van der Waals surface area contributed by atoms with E-state index in [0.29, 0.717) is 10.9 Å². The van der Waals surface area contributed by atoms with Crippen LogP contribution in [0.3, 0.4) is 0 Å². The molecule has 1 aliphatic heterocycles. The van der Waals surface area contributed by atoms with Gasteiger partial charge in [-0.15, -0.1) is 0 Å². The van der Waals surface area contributed by atoms with E-state index < -0.39 is 5.97 Å². The summed E-state index contributed by atoms with van der Waals surface area (Å²) in [6, 6.07) is 9.16. The van der Waals surface area contributed by atoms with Crippen LogP contribution >= 0.6 is 0 Å². The number of benzene rings is 1. The van der Waals surface area contributed by atoms with Gasteiger partial charge in [-0.25, -0.2) is 4.79 Å². The summed E-state index contributed by atoms with van der Waals surface area (Å²) in [6.45, 7) is 2.90. The first-order chi connectivity index (χ1) is 9.74. The highest BCUT2D eigenvalue weighted by Gasteiger charge is 2.15. The first-order valence-electron chi connectivity index (χ1n) is 7.08. The molecule has 1 N–H and O–H groups in total. The molecule has 4 nitrogen and oxygen atoms in total. The van der Waals surface area contributed by atoms with Crippen LogP contribution in [0.5, 0.6) is 0 Å². The van der Waals surface area contributed by atoms with E-state index in [1.807, 2.05) is 24.3 Å². The summed E-state index contributed by atoms with van der Waals surface area (Å²) in [6.07, 6.45) is 3.74. The summed E-state index contributed by atoms with van der Waals surface area (Å²) >= 11 is 0. The van der Waals surface area contributed by atoms with Gasteiger partial charge in [0.15, 0.2) is 0 Å². The monoisotopic (exact) mass is 270 g/mol. The van der Waals surface area contributed by atoms with Crippen LogP contribution in [0.1, 0.15) is 35.3 Å². The molecule has 0 bridgehead atoms. The smallest absolute Gasteiger partial charge is 0.336 e. The maximum Gasteiger partial charge on any atom is 0.336 e. The zero-order valence-corrected chi connectivity index (χ0v) is 11.4. The predicted octanol–water partition coefficient (Wildman–Crippen LogP) is 2.92. The highest BCUT2D eigenvalue weighted by molar-refractivity contribution is 6.02. The Morgan fingerprint density at radius 3 is 2.70 bits per heavy atom. The van der Waals surface area contributed by atoms with Crippen LogP contribution in [-0.2, 0) is 6.54 Å². The molecule has 0 aliphatic carbocycles. The van der Waals surface area contributed by atoms with Gasteiger partial charge in [0.25, 0.3) is 0 Å². The third-order valence-electron chi connectivity index (χ3n) is 3.83. The Balaban J connectivity index is 1.96. The van der Waals surface area contributed by atoms with Gasteiger partial charge in [0.2, 0.25) is 0 Å². The van der Waals surface area contributed by atoms with Gasteiger partial charge in [-0.1, -0.05) is 24.6 Å². The minimum Gasteiger partial charge on any atom is -0.478 e. The van der Waals surface area contributed by atoms with Gasteiger partial charge in [0.1, 0.15) is 0 Å². The summed E-state index contributed by atoms with van der Waals surface area (Å²) in [5.41, 5.74) is 1.96. The lowest BCUT2D eigenvalue weighted by Gasteiger charge is -2.26. The van der Waals surface area contributed by atoms with Crippen molar-refractivity contribution in [1.29, 1.82) is 0 Å². The van der Waals surface area contributed by atoms with Crippen LogP contribution in [0.2, 0.25) is 0 Å². The number of carboxylic acid groups (broad SMARTS) is 1. The van der Waals surface area contributed by atoms with Gasteiger partial charge < -0.3 is 5.11 Å². The molecule has 0 amide bonds. The van der Waals surface area contributed by atoms with E-state index in [4.69, 9.17) is 0 Å². The number of nitrogens with zero attached hydrogens (tertiary/aromatic N) is 2. The molecule has 1 aromatic heterocycles. The molecule has 0 saturated carbocycles. The zero-order chi connectivity index (χ0) is 13.9. The molecule has 1 saturated heterocycles. The second-order valence-electron chi connectivity index (χ2n) is 5.32. The molecule has 3 rings (SSSR count). The number of rotatable bonds is 3. The van der Waals surface area contributed by atoms with E-state index in [9.17, 15) is 9.90 Å². The number of piperidine rings is 1. The van der Waals surface area contributed by atoms with Crippen LogP contribution in [-0.4, -0.2) is 34.0 Å². The van der Waals surface area contributed by atoms with Crippen molar-refractivity contribution in [2.24, 2.45) is 0 Å². The van der Waals surface area contributed by atoms with Crippen LogP contribution < -0.4 is 0 Å². The minimum absolute atomic E-state index is 0.350.